The lowest BCUT2D eigenvalue weighted by molar-refractivity contribution is -0.153. The van der Waals surface area contributed by atoms with Gasteiger partial charge >= 0.3 is 5.97 Å². The first-order valence-corrected chi connectivity index (χ1v) is 8.23. The fourth-order valence-electron chi connectivity index (χ4n) is 2.52. The van der Waals surface area contributed by atoms with E-state index in [0.717, 1.165) is 22.5 Å². The Labute approximate surface area is 147 Å². The van der Waals surface area contributed by atoms with Crippen LogP contribution in [0.1, 0.15) is 43.3 Å². The van der Waals surface area contributed by atoms with E-state index in [1.54, 1.807) is 6.07 Å². The van der Waals surface area contributed by atoms with Crippen LogP contribution < -0.4 is 5.73 Å². The van der Waals surface area contributed by atoms with Gasteiger partial charge in [0.05, 0.1) is 18.7 Å². The van der Waals surface area contributed by atoms with E-state index >= 15 is 0 Å². The Bertz CT molecular complexity index is 760. The van der Waals surface area contributed by atoms with Gasteiger partial charge in [-0.25, -0.2) is 0 Å². The number of halogens is 1. The Balaban J connectivity index is 2.21. The normalized spacial score (nSPS) is 11.6. The van der Waals surface area contributed by atoms with Gasteiger partial charge < -0.3 is 10.5 Å². The van der Waals surface area contributed by atoms with E-state index in [1.807, 2.05) is 51.4 Å². The quantitative estimate of drug-likeness (QED) is 0.675. The van der Waals surface area contributed by atoms with E-state index in [1.165, 1.54) is 0 Å². The number of nitrogens with zero attached hydrogens (tertiary/aromatic N) is 2. The summed E-state index contributed by atoms with van der Waals surface area (Å²) in [5.74, 6) is -0.251. The van der Waals surface area contributed by atoms with Crippen molar-refractivity contribution in [2.75, 3.05) is 5.73 Å². The molecule has 0 aliphatic heterocycles. The number of nitrogens with two attached hydrogens (primary N) is 1. The minimum Gasteiger partial charge on any atom is -0.460 e. The van der Waals surface area contributed by atoms with E-state index in [0.29, 0.717) is 17.3 Å². The molecule has 1 heterocycles. The van der Waals surface area contributed by atoms with Gasteiger partial charge in [-0.15, -0.1) is 0 Å². The summed E-state index contributed by atoms with van der Waals surface area (Å²) in [6, 6.07) is 5.43. The van der Waals surface area contributed by atoms with Crippen molar-refractivity contribution in [2.45, 2.75) is 53.2 Å². The molecule has 0 saturated carbocycles. The molecular weight excluding hydrogens is 326 g/mol. The van der Waals surface area contributed by atoms with Crippen molar-refractivity contribution in [1.82, 2.24) is 9.78 Å². The Morgan fingerprint density at radius 1 is 1.33 bits per heavy atom. The van der Waals surface area contributed by atoms with Crippen molar-refractivity contribution < 1.29 is 9.53 Å². The standard InChI is InChI=1S/C18H24ClN3O2/c1-11-15(9-17(23)24-18(3,4)5)12(2)22(21-11)10-13-6-7-14(20)8-16(13)19/h6-8H,9-10,20H2,1-5H3. The van der Waals surface area contributed by atoms with Crippen LogP contribution >= 0.6 is 11.6 Å². The van der Waals surface area contributed by atoms with Gasteiger partial charge in [-0.2, -0.15) is 5.10 Å². The molecule has 0 aliphatic rings. The predicted octanol–water partition coefficient (Wildman–Crippen LogP) is 3.67. The van der Waals surface area contributed by atoms with Crippen molar-refractivity contribution in [3.63, 3.8) is 0 Å². The van der Waals surface area contributed by atoms with E-state index in [-0.39, 0.29) is 12.4 Å². The number of esters is 1. The molecule has 0 spiro atoms. The maximum Gasteiger partial charge on any atom is 0.310 e. The third kappa shape index (κ3) is 4.51. The first-order chi connectivity index (χ1) is 11.1. The molecule has 2 N–H and O–H groups in total. The van der Waals surface area contributed by atoms with Gasteiger partial charge in [-0.1, -0.05) is 17.7 Å². The highest BCUT2D eigenvalue weighted by Crippen LogP contribution is 2.22. The second-order valence-corrected chi connectivity index (χ2v) is 7.33. The molecule has 130 valence electrons. The number of aryl methyl sites for hydroxylation is 1. The van der Waals surface area contributed by atoms with Gasteiger partial charge in [0, 0.05) is 22.0 Å². The molecule has 2 aromatic rings. The summed E-state index contributed by atoms with van der Waals surface area (Å²) in [5, 5.41) is 5.15. The zero-order chi connectivity index (χ0) is 18.1. The molecule has 5 nitrogen and oxygen atoms in total. The van der Waals surface area contributed by atoms with Gasteiger partial charge in [0.1, 0.15) is 5.60 Å². The van der Waals surface area contributed by atoms with Crippen LogP contribution in [0.2, 0.25) is 5.02 Å². The lowest BCUT2D eigenvalue weighted by Crippen LogP contribution is -2.25. The smallest absolute Gasteiger partial charge is 0.310 e. The van der Waals surface area contributed by atoms with Gasteiger partial charge in [-0.3, -0.25) is 9.48 Å². The number of hydrogen-bond acceptors (Lipinski definition) is 4. The van der Waals surface area contributed by atoms with Crippen LogP contribution in [0.25, 0.3) is 0 Å². The Morgan fingerprint density at radius 2 is 2.00 bits per heavy atom. The van der Waals surface area contributed by atoms with Crippen molar-refractivity contribution in [2.24, 2.45) is 0 Å². The number of anilines is 1. The molecule has 0 amide bonds. The van der Waals surface area contributed by atoms with Crippen molar-refractivity contribution >= 4 is 23.3 Å². The highest BCUT2D eigenvalue weighted by molar-refractivity contribution is 6.31. The molecule has 2 rings (SSSR count). The van der Waals surface area contributed by atoms with Crippen LogP contribution in [-0.4, -0.2) is 21.4 Å². The largest absolute Gasteiger partial charge is 0.460 e. The van der Waals surface area contributed by atoms with Gasteiger partial charge in [-0.05, 0) is 52.3 Å². The van der Waals surface area contributed by atoms with Crippen LogP contribution in [0, 0.1) is 13.8 Å². The SMILES string of the molecule is Cc1nn(Cc2ccc(N)cc2Cl)c(C)c1CC(=O)OC(C)(C)C. The summed E-state index contributed by atoms with van der Waals surface area (Å²) in [4.78, 5) is 12.1. The molecule has 1 aromatic carbocycles. The number of carbonyl (C=O) groups is 1. The molecule has 6 heteroatoms. The van der Waals surface area contributed by atoms with Crippen LogP contribution in [0.3, 0.4) is 0 Å². The fraction of sp³-hybridized carbons (Fsp3) is 0.444. The number of nitrogen functional groups attached to an aromatic ring is 1. The summed E-state index contributed by atoms with van der Waals surface area (Å²) in [6.45, 7) is 9.95. The summed E-state index contributed by atoms with van der Waals surface area (Å²) in [5.41, 5.74) is 9.45. The summed E-state index contributed by atoms with van der Waals surface area (Å²) >= 11 is 6.24. The number of carbonyl (C=O) groups excluding carboxylic acids is 1. The van der Waals surface area contributed by atoms with Crippen LogP contribution in [0.5, 0.6) is 0 Å². The Hall–Kier alpha value is -2.01. The maximum atomic E-state index is 12.1. The molecule has 0 saturated heterocycles. The second kappa shape index (κ2) is 6.85. The number of aromatic nitrogens is 2. The minimum absolute atomic E-state index is 0.213. The molecule has 1 aromatic heterocycles. The summed E-state index contributed by atoms with van der Waals surface area (Å²) in [6.07, 6.45) is 0.213. The first-order valence-electron chi connectivity index (χ1n) is 7.85. The summed E-state index contributed by atoms with van der Waals surface area (Å²) < 4.78 is 7.25. The van der Waals surface area contributed by atoms with E-state index in [2.05, 4.69) is 5.10 Å². The zero-order valence-electron chi connectivity index (χ0n) is 14.8. The minimum atomic E-state index is -0.494. The fourth-order valence-corrected chi connectivity index (χ4v) is 2.77. The van der Waals surface area contributed by atoms with Crippen molar-refractivity contribution in [3.05, 3.63) is 45.7 Å². The van der Waals surface area contributed by atoms with Crippen molar-refractivity contribution in [1.29, 1.82) is 0 Å². The van der Waals surface area contributed by atoms with Crippen LogP contribution in [0.15, 0.2) is 18.2 Å². The topological polar surface area (TPSA) is 70.1 Å². The van der Waals surface area contributed by atoms with Gasteiger partial charge in [0.2, 0.25) is 0 Å². The molecule has 0 aliphatic carbocycles. The third-order valence-electron chi connectivity index (χ3n) is 3.67. The molecule has 0 atom stereocenters. The zero-order valence-corrected chi connectivity index (χ0v) is 15.6. The van der Waals surface area contributed by atoms with Gasteiger partial charge in [0.25, 0.3) is 0 Å². The first kappa shape index (κ1) is 18.3. The molecule has 0 radical (unpaired) electrons. The molecule has 24 heavy (non-hydrogen) atoms. The second-order valence-electron chi connectivity index (χ2n) is 6.92. The Kier molecular flexibility index (Phi) is 5.23. The van der Waals surface area contributed by atoms with E-state index in [4.69, 9.17) is 22.1 Å². The number of ether oxygens (including phenoxy) is 1. The summed E-state index contributed by atoms with van der Waals surface area (Å²) in [7, 11) is 0. The van der Waals surface area contributed by atoms with E-state index < -0.39 is 5.60 Å². The molecule has 0 unspecified atom stereocenters. The lowest BCUT2D eigenvalue weighted by atomic mass is 10.1. The Morgan fingerprint density at radius 3 is 2.58 bits per heavy atom. The number of hydrogen-bond donors (Lipinski definition) is 1. The average molecular weight is 350 g/mol. The third-order valence-corrected chi connectivity index (χ3v) is 4.02. The molecule has 0 bridgehead atoms. The predicted molar refractivity (Wildman–Crippen MR) is 96.2 cm³/mol. The van der Waals surface area contributed by atoms with Crippen LogP contribution in [-0.2, 0) is 22.5 Å². The lowest BCUT2D eigenvalue weighted by Gasteiger charge is -2.19. The number of benzene rings is 1. The van der Waals surface area contributed by atoms with E-state index in [9.17, 15) is 4.79 Å². The molecule has 0 fully saturated rings. The monoisotopic (exact) mass is 349 g/mol. The highest BCUT2D eigenvalue weighted by atomic mass is 35.5. The number of rotatable bonds is 4. The highest BCUT2D eigenvalue weighted by Gasteiger charge is 2.20. The van der Waals surface area contributed by atoms with Gasteiger partial charge in [0.15, 0.2) is 0 Å². The van der Waals surface area contributed by atoms with Crippen LogP contribution in [0.4, 0.5) is 5.69 Å². The molecular formula is C18H24ClN3O2. The average Bonchev–Trinajstić information content (AvgIpc) is 2.67. The van der Waals surface area contributed by atoms with Crippen molar-refractivity contribution in [3.8, 4) is 0 Å². The maximum absolute atomic E-state index is 12.1.